The molecule has 0 fully saturated rings. The summed E-state index contributed by atoms with van der Waals surface area (Å²) < 4.78 is 1.58. The van der Waals surface area contributed by atoms with E-state index in [0.717, 1.165) is 0 Å². The summed E-state index contributed by atoms with van der Waals surface area (Å²) >= 11 is 0. The maximum absolute atomic E-state index is 11.9. The van der Waals surface area contributed by atoms with Crippen molar-refractivity contribution >= 4 is 5.91 Å². The molecular formula is C13H15N5O2. The number of carbonyl (C=O) groups is 1. The Morgan fingerprint density at radius 2 is 2.45 bits per heavy atom. The number of nitrogens with zero attached hydrogens (tertiary/aromatic N) is 3. The number of aromatic nitrogens is 3. The largest absolute Gasteiger partial charge is 0.383 e. The number of carbonyl (C=O) groups excluding carboxylic acids is 1. The smallest absolute Gasteiger partial charge is 0.267 e. The van der Waals surface area contributed by atoms with Gasteiger partial charge >= 0.3 is 0 Å². The van der Waals surface area contributed by atoms with E-state index in [2.05, 4.69) is 15.4 Å². The fourth-order valence-electron chi connectivity index (χ4n) is 1.74. The van der Waals surface area contributed by atoms with Crippen LogP contribution < -0.4 is 5.32 Å². The van der Waals surface area contributed by atoms with Crippen molar-refractivity contribution in [3.8, 4) is 6.07 Å². The third kappa shape index (κ3) is 2.87. The molecule has 7 heteroatoms. The van der Waals surface area contributed by atoms with Crippen LogP contribution in [0.5, 0.6) is 0 Å². The summed E-state index contributed by atoms with van der Waals surface area (Å²) in [5, 5.41) is 25.6. The van der Waals surface area contributed by atoms with Gasteiger partial charge in [-0.15, -0.1) is 0 Å². The molecule has 2 heterocycles. The molecule has 3 N–H and O–H groups in total. The van der Waals surface area contributed by atoms with Gasteiger partial charge in [0.05, 0.1) is 18.3 Å². The van der Waals surface area contributed by atoms with E-state index in [0.29, 0.717) is 11.1 Å². The van der Waals surface area contributed by atoms with Crippen molar-refractivity contribution in [3.05, 3.63) is 41.5 Å². The maximum Gasteiger partial charge on any atom is 0.267 e. The molecule has 0 saturated heterocycles. The number of amides is 1. The molecule has 1 unspecified atom stereocenters. The summed E-state index contributed by atoms with van der Waals surface area (Å²) in [5.41, 5.74) is 0.0661. The minimum absolute atomic E-state index is 0.0401. The van der Waals surface area contributed by atoms with Crippen LogP contribution in [0, 0.1) is 11.3 Å². The first kappa shape index (κ1) is 13.8. The van der Waals surface area contributed by atoms with E-state index in [9.17, 15) is 9.90 Å². The number of aromatic amines is 1. The summed E-state index contributed by atoms with van der Waals surface area (Å²) in [4.78, 5) is 14.6. The number of rotatable bonds is 4. The lowest BCUT2D eigenvalue weighted by Crippen LogP contribution is -2.38. The van der Waals surface area contributed by atoms with E-state index in [-0.39, 0.29) is 18.1 Å². The third-order valence-corrected chi connectivity index (χ3v) is 2.98. The molecule has 2 aromatic heterocycles. The lowest BCUT2D eigenvalue weighted by atomic mass is 10.00. The maximum atomic E-state index is 11.9. The van der Waals surface area contributed by atoms with Crippen LogP contribution in [0.15, 0.2) is 24.7 Å². The van der Waals surface area contributed by atoms with Gasteiger partial charge in [-0.3, -0.25) is 9.48 Å². The van der Waals surface area contributed by atoms with Crippen LogP contribution in [-0.2, 0) is 12.6 Å². The van der Waals surface area contributed by atoms with Gasteiger partial charge in [0, 0.05) is 25.0 Å². The first-order chi connectivity index (χ1) is 9.42. The van der Waals surface area contributed by atoms with Crippen LogP contribution in [0.3, 0.4) is 0 Å². The van der Waals surface area contributed by atoms with Crippen molar-refractivity contribution in [2.75, 3.05) is 6.54 Å². The molecule has 2 rings (SSSR count). The van der Waals surface area contributed by atoms with Crippen LogP contribution in [0.1, 0.15) is 28.5 Å². The molecule has 104 valence electrons. The second-order valence-electron chi connectivity index (χ2n) is 4.77. The van der Waals surface area contributed by atoms with Gasteiger partial charge < -0.3 is 15.4 Å². The quantitative estimate of drug-likeness (QED) is 0.742. The zero-order chi connectivity index (χ0) is 14.8. The molecular weight excluding hydrogens is 258 g/mol. The van der Waals surface area contributed by atoms with Crippen molar-refractivity contribution in [1.82, 2.24) is 20.1 Å². The van der Waals surface area contributed by atoms with Crippen LogP contribution in [0.25, 0.3) is 0 Å². The summed E-state index contributed by atoms with van der Waals surface area (Å²) in [6, 6.07) is 3.38. The Balaban J connectivity index is 2.01. The molecule has 0 saturated carbocycles. The van der Waals surface area contributed by atoms with Crippen LogP contribution in [0.4, 0.5) is 0 Å². The monoisotopic (exact) mass is 273 g/mol. The molecule has 1 atom stereocenters. The highest BCUT2D eigenvalue weighted by Crippen LogP contribution is 2.18. The highest BCUT2D eigenvalue weighted by atomic mass is 16.3. The average Bonchev–Trinajstić information content (AvgIpc) is 3.04. The Bertz CT molecular complexity index is 662. The highest BCUT2D eigenvalue weighted by molar-refractivity contribution is 5.92. The summed E-state index contributed by atoms with van der Waals surface area (Å²) in [6.07, 6.45) is 4.69. The normalized spacial score (nSPS) is 13.5. The van der Waals surface area contributed by atoms with Crippen molar-refractivity contribution < 1.29 is 9.90 Å². The van der Waals surface area contributed by atoms with E-state index in [1.807, 2.05) is 6.07 Å². The van der Waals surface area contributed by atoms with Gasteiger partial charge in [-0.1, -0.05) is 0 Å². The van der Waals surface area contributed by atoms with Gasteiger partial charge in [0.1, 0.15) is 17.4 Å². The lowest BCUT2D eigenvalue weighted by molar-refractivity contribution is 0.0524. The van der Waals surface area contributed by atoms with E-state index >= 15 is 0 Å². The molecule has 0 aliphatic rings. The minimum atomic E-state index is -1.21. The Morgan fingerprint density at radius 1 is 1.70 bits per heavy atom. The molecule has 0 aliphatic heterocycles. The van der Waals surface area contributed by atoms with E-state index in [4.69, 9.17) is 5.26 Å². The molecule has 20 heavy (non-hydrogen) atoms. The fraction of sp³-hybridized carbons (Fsp3) is 0.308. The number of nitriles is 1. The lowest BCUT2D eigenvalue weighted by Gasteiger charge is -2.22. The van der Waals surface area contributed by atoms with Crippen molar-refractivity contribution in [2.24, 2.45) is 7.05 Å². The first-order valence-electron chi connectivity index (χ1n) is 6.00. The molecule has 1 amide bonds. The Hall–Kier alpha value is -2.59. The van der Waals surface area contributed by atoms with Crippen LogP contribution in [-0.4, -0.2) is 32.3 Å². The molecule has 0 radical (unpaired) electrons. The van der Waals surface area contributed by atoms with Gasteiger partial charge in [0.15, 0.2) is 0 Å². The second kappa shape index (κ2) is 5.19. The highest BCUT2D eigenvalue weighted by Gasteiger charge is 2.25. The Kier molecular flexibility index (Phi) is 3.59. The predicted octanol–water partition coefficient (Wildman–Crippen LogP) is 0.257. The van der Waals surface area contributed by atoms with Gasteiger partial charge in [-0.25, -0.2) is 0 Å². The number of hydrogen-bond acceptors (Lipinski definition) is 4. The zero-order valence-electron chi connectivity index (χ0n) is 11.2. The number of aryl methyl sites for hydroxylation is 1. The summed E-state index contributed by atoms with van der Waals surface area (Å²) in [5.74, 6) is -0.379. The first-order valence-corrected chi connectivity index (χ1v) is 6.00. The summed E-state index contributed by atoms with van der Waals surface area (Å²) in [7, 11) is 1.75. The van der Waals surface area contributed by atoms with Crippen molar-refractivity contribution in [1.29, 1.82) is 5.26 Å². The van der Waals surface area contributed by atoms with Crippen LogP contribution in [0.2, 0.25) is 0 Å². The molecule has 0 bridgehead atoms. The van der Waals surface area contributed by atoms with Crippen molar-refractivity contribution in [2.45, 2.75) is 12.5 Å². The second-order valence-corrected chi connectivity index (χ2v) is 4.77. The number of nitrogens with one attached hydrogen (secondary N) is 2. The molecule has 0 spiro atoms. The molecule has 7 nitrogen and oxygen atoms in total. The fourth-order valence-corrected chi connectivity index (χ4v) is 1.74. The van der Waals surface area contributed by atoms with E-state index < -0.39 is 5.60 Å². The Morgan fingerprint density at radius 3 is 3.00 bits per heavy atom. The summed E-state index contributed by atoms with van der Waals surface area (Å²) in [6.45, 7) is 1.64. The Labute approximate surface area is 115 Å². The van der Waals surface area contributed by atoms with Gasteiger partial charge in [-0.2, -0.15) is 10.4 Å². The number of H-pyrrole nitrogens is 1. The van der Waals surface area contributed by atoms with E-state index in [1.54, 1.807) is 31.0 Å². The number of hydrogen-bond donors (Lipinski definition) is 3. The third-order valence-electron chi connectivity index (χ3n) is 2.98. The molecule has 0 aliphatic carbocycles. The minimum Gasteiger partial charge on any atom is -0.383 e. The molecule has 0 aromatic carbocycles. The SMILES string of the molecule is Cn1cc(C(C)(O)CNC(=O)c2cc(C#N)c[nH]2)cn1. The van der Waals surface area contributed by atoms with Crippen molar-refractivity contribution in [3.63, 3.8) is 0 Å². The molecule has 2 aromatic rings. The average molecular weight is 273 g/mol. The van der Waals surface area contributed by atoms with Crippen LogP contribution >= 0.6 is 0 Å². The zero-order valence-corrected chi connectivity index (χ0v) is 11.2. The standard InChI is InChI=1S/C13H15N5O2/c1-13(20,10-6-17-18(2)7-10)8-16-12(19)11-3-9(4-14)5-15-11/h3,5-7,15,20H,8H2,1-2H3,(H,16,19). The van der Waals surface area contributed by atoms with Gasteiger partial charge in [0.25, 0.3) is 5.91 Å². The predicted molar refractivity (Wildman–Crippen MR) is 70.6 cm³/mol. The van der Waals surface area contributed by atoms with E-state index in [1.165, 1.54) is 12.3 Å². The van der Waals surface area contributed by atoms with Gasteiger partial charge in [-0.05, 0) is 13.0 Å². The number of aliphatic hydroxyl groups is 1. The topological polar surface area (TPSA) is 107 Å². The van der Waals surface area contributed by atoms with Gasteiger partial charge in [0.2, 0.25) is 0 Å².